The Balaban J connectivity index is 1.35. The van der Waals surface area contributed by atoms with E-state index in [0.29, 0.717) is 28.4 Å². The highest BCUT2D eigenvalue weighted by Gasteiger charge is 2.10. The quantitative estimate of drug-likeness (QED) is 0.226. The number of aryl methyl sites for hydroxylation is 2. The lowest BCUT2D eigenvalue weighted by Crippen LogP contribution is -2.11. The minimum absolute atomic E-state index is 0.133. The number of carbonyl (C=O) groups is 1. The van der Waals surface area contributed by atoms with Crippen LogP contribution in [-0.2, 0) is 12.8 Å². The number of oxazole rings is 1. The number of nitrogens with one attached hydrogen (secondary N) is 2. The number of anilines is 3. The van der Waals surface area contributed by atoms with E-state index < -0.39 is 0 Å². The van der Waals surface area contributed by atoms with Crippen LogP contribution < -0.4 is 10.6 Å². The molecule has 4 rings (SSSR count). The molecule has 34 heavy (non-hydrogen) atoms. The molecule has 2 N–H and O–H groups in total. The van der Waals surface area contributed by atoms with Crippen LogP contribution in [0.2, 0.25) is 0 Å². The van der Waals surface area contributed by atoms with E-state index in [9.17, 15) is 4.79 Å². The molecule has 0 bridgehead atoms. The lowest BCUT2D eigenvalue weighted by Gasteiger charge is -2.06. The normalized spacial score (nSPS) is 11.0. The second-order valence-corrected chi connectivity index (χ2v) is 8.69. The van der Waals surface area contributed by atoms with Crippen LogP contribution in [0.15, 0.2) is 71.1 Å². The highest BCUT2D eigenvalue weighted by atomic mass is 16.4. The van der Waals surface area contributed by atoms with Gasteiger partial charge >= 0.3 is 0 Å². The van der Waals surface area contributed by atoms with Crippen molar-refractivity contribution in [2.45, 2.75) is 58.8 Å². The monoisotopic (exact) mass is 455 g/mol. The standard InChI is InChI=1S/C29H33N3O2/c1-3-5-6-7-8-9-22-10-14-23(15-11-22)28(33)30-25-18-19-27-26(20-25)32-29(34-27)31-24-16-12-21(4-2)13-17-24/h10-20H,3-9H2,1-2H3,(H,30,33)(H,31,32). The van der Waals surface area contributed by atoms with Crippen LogP contribution in [-0.4, -0.2) is 10.9 Å². The van der Waals surface area contributed by atoms with Crippen molar-refractivity contribution in [2.75, 3.05) is 10.6 Å². The number of hydrogen-bond acceptors (Lipinski definition) is 4. The number of fused-ring (bicyclic) bond motifs is 1. The van der Waals surface area contributed by atoms with Gasteiger partial charge in [0, 0.05) is 16.9 Å². The maximum atomic E-state index is 12.7. The number of aromatic nitrogens is 1. The Morgan fingerprint density at radius 1 is 0.824 bits per heavy atom. The van der Waals surface area contributed by atoms with Crippen molar-refractivity contribution in [3.8, 4) is 0 Å². The first-order valence-electron chi connectivity index (χ1n) is 12.3. The number of hydrogen-bond donors (Lipinski definition) is 2. The van der Waals surface area contributed by atoms with Gasteiger partial charge in [-0.2, -0.15) is 4.98 Å². The fourth-order valence-electron chi connectivity index (χ4n) is 3.96. The number of rotatable bonds is 11. The summed E-state index contributed by atoms with van der Waals surface area (Å²) in [4.78, 5) is 17.2. The molecule has 0 spiro atoms. The minimum atomic E-state index is -0.133. The third-order valence-electron chi connectivity index (χ3n) is 6.04. The Labute approximate surface area is 201 Å². The van der Waals surface area contributed by atoms with Crippen LogP contribution in [0.3, 0.4) is 0 Å². The molecule has 5 heteroatoms. The molecule has 0 aliphatic rings. The van der Waals surface area contributed by atoms with Crippen molar-refractivity contribution in [2.24, 2.45) is 0 Å². The van der Waals surface area contributed by atoms with Gasteiger partial charge < -0.3 is 15.1 Å². The minimum Gasteiger partial charge on any atom is -0.423 e. The van der Waals surface area contributed by atoms with Gasteiger partial charge in [0.25, 0.3) is 11.9 Å². The molecule has 0 saturated heterocycles. The van der Waals surface area contributed by atoms with Gasteiger partial charge in [0.15, 0.2) is 5.58 Å². The van der Waals surface area contributed by atoms with Gasteiger partial charge in [-0.3, -0.25) is 4.79 Å². The molecule has 0 unspecified atom stereocenters. The first-order valence-corrected chi connectivity index (χ1v) is 12.3. The maximum Gasteiger partial charge on any atom is 0.300 e. The molecule has 176 valence electrons. The second kappa shape index (κ2) is 11.5. The highest BCUT2D eigenvalue weighted by Crippen LogP contribution is 2.25. The molecule has 0 aliphatic heterocycles. The van der Waals surface area contributed by atoms with Gasteiger partial charge in [0.2, 0.25) is 0 Å². The van der Waals surface area contributed by atoms with Crippen LogP contribution in [0.4, 0.5) is 17.4 Å². The molecule has 1 heterocycles. The zero-order valence-electron chi connectivity index (χ0n) is 20.1. The van der Waals surface area contributed by atoms with Gasteiger partial charge in [0.1, 0.15) is 5.52 Å². The van der Waals surface area contributed by atoms with Gasteiger partial charge in [-0.25, -0.2) is 0 Å². The average Bonchev–Trinajstić information content (AvgIpc) is 3.26. The Kier molecular flexibility index (Phi) is 7.97. The van der Waals surface area contributed by atoms with Gasteiger partial charge in [-0.1, -0.05) is 63.8 Å². The average molecular weight is 456 g/mol. The summed E-state index contributed by atoms with van der Waals surface area (Å²) in [5, 5.41) is 6.16. The number of unbranched alkanes of at least 4 members (excludes halogenated alkanes) is 4. The van der Waals surface area contributed by atoms with Crippen LogP contribution in [0.5, 0.6) is 0 Å². The third kappa shape index (κ3) is 6.25. The van der Waals surface area contributed by atoms with E-state index in [2.05, 4.69) is 53.7 Å². The summed E-state index contributed by atoms with van der Waals surface area (Å²) < 4.78 is 5.81. The van der Waals surface area contributed by atoms with Crippen LogP contribution >= 0.6 is 0 Å². The summed E-state index contributed by atoms with van der Waals surface area (Å²) in [7, 11) is 0. The number of carbonyl (C=O) groups excluding carboxylic acids is 1. The van der Waals surface area contributed by atoms with Crippen molar-refractivity contribution in [1.29, 1.82) is 0 Å². The molecular weight excluding hydrogens is 422 g/mol. The van der Waals surface area contributed by atoms with Crippen molar-refractivity contribution < 1.29 is 9.21 Å². The number of nitrogens with zero attached hydrogens (tertiary/aromatic N) is 1. The maximum absolute atomic E-state index is 12.7. The third-order valence-corrected chi connectivity index (χ3v) is 6.04. The van der Waals surface area contributed by atoms with Gasteiger partial charge in [-0.05, 0) is 72.9 Å². The van der Waals surface area contributed by atoms with E-state index in [1.165, 1.54) is 43.2 Å². The SMILES string of the molecule is CCCCCCCc1ccc(C(=O)Nc2ccc3oc(Nc4ccc(CC)cc4)nc3c2)cc1. The van der Waals surface area contributed by atoms with E-state index in [-0.39, 0.29) is 5.91 Å². The zero-order valence-corrected chi connectivity index (χ0v) is 20.1. The van der Waals surface area contributed by atoms with Gasteiger partial charge in [-0.15, -0.1) is 0 Å². The van der Waals surface area contributed by atoms with Crippen LogP contribution in [0.1, 0.15) is 67.4 Å². The summed E-state index contributed by atoms with van der Waals surface area (Å²) in [6.45, 7) is 4.36. The molecule has 5 nitrogen and oxygen atoms in total. The Morgan fingerprint density at radius 3 is 2.26 bits per heavy atom. The lowest BCUT2D eigenvalue weighted by atomic mass is 10.0. The topological polar surface area (TPSA) is 67.2 Å². The van der Waals surface area contributed by atoms with E-state index in [0.717, 1.165) is 18.5 Å². The van der Waals surface area contributed by atoms with E-state index in [1.54, 1.807) is 0 Å². The molecule has 0 atom stereocenters. The Hall–Kier alpha value is -3.60. The second-order valence-electron chi connectivity index (χ2n) is 8.69. The zero-order chi connectivity index (χ0) is 23.8. The molecular formula is C29H33N3O2. The van der Waals surface area contributed by atoms with E-state index >= 15 is 0 Å². The Bertz CT molecular complexity index is 1210. The molecule has 3 aromatic carbocycles. The highest BCUT2D eigenvalue weighted by molar-refractivity contribution is 6.05. The fraction of sp³-hybridized carbons (Fsp3) is 0.310. The first-order chi connectivity index (χ1) is 16.6. The molecule has 4 aromatic rings. The summed E-state index contributed by atoms with van der Waals surface area (Å²) in [5.74, 6) is -0.133. The largest absolute Gasteiger partial charge is 0.423 e. The van der Waals surface area contributed by atoms with Crippen molar-refractivity contribution in [1.82, 2.24) is 4.98 Å². The van der Waals surface area contributed by atoms with Crippen molar-refractivity contribution in [3.63, 3.8) is 0 Å². The molecule has 0 saturated carbocycles. The molecule has 0 fully saturated rings. The predicted molar refractivity (Wildman–Crippen MR) is 140 cm³/mol. The summed E-state index contributed by atoms with van der Waals surface area (Å²) in [6.07, 6.45) is 8.40. The van der Waals surface area contributed by atoms with Crippen LogP contribution in [0, 0.1) is 0 Å². The van der Waals surface area contributed by atoms with Gasteiger partial charge in [0.05, 0.1) is 0 Å². The lowest BCUT2D eigenvalue weighted by molar-refractivity contribution is 0.102. The summed E-state index contributed by atoms with van der Waals surface area (Å²) in [5.41, 5.74) is 6.15. The predicted octanol–water partition coefficient (Wildman–Crippen LogP) is 7.90. The molecule has 0 aliphatic carbocycles. The molecule has 0 radical (unpaired) electrons. The number of amides is 1. The first kappa shape index (κ1) is 23.6. The van der Waals surface area contributed by atoms with Crippen molar-refractivity contribution >= 4 is 34.4 Å². The fourth-order valence-corrected chi connectivity index (χ4v) is 3.96. The summed E-state index contributed by atoms with van der Waals surface area (Å²) in [6, 6.07) is 22.0. The van der Waals surface area contributed by atoms with Crippen LogP contribution in [0.25, 0.3) is 11.1 Å². The number of benzene rings is 3. The molecule has 1 amide bonds. The van der Waals surface area contributed by atoms with E-state index in [4.69, 9.17) is 4.42 Å². The smallest absolute Gasteiger partial charge is 0.300 e. The summed E-state index contributed by atoms with van der Waals surface area (Å²) >= 11 is 0. The molecule has 1 aromatic heterocycles. The van der Waals surface area contributed by atoms with E-state index in [1.807, 2.05) is 42.5 Å². The van der Waals surface area contributed by atoms with Crippen molar-refractivity contribution in [3.05, 3.63) is 83.4 Å². The Morgan fingerprint density at radius 2 is 1.53 bits per heavy atom.